The molecule has 8 heteroatoms. The van der Waals surface area contributed by atoms with Crippen LogP contribution in [-0.4, -0.2) is 8.42 Å². The number of thiophene rings is 1. The summed E-state index contributed by atoms with van der Waals surface area (Å²) in [6.45, 7) is 2.09. The number of nitrogens with one attached hydrogen (secondary N) is 1. The molecule has 1 heterocycles. The quantitative estimate of drug-likeness (QED) is 0.857. The van der Waals surface area contributed by atoms with E-state index < -0.39 is 15.8 Å². The number of hydrogen-bond donors (Lipinski definition) is 2. The molecule has 0 saturated carbocycles. The number of aryl methyl sites for hydroxylation is 1. The molecule has 2 rings (SSSR count). The number of rotatable bonds is 4. The van der Waals surface area contributed by atoms with Crippen LogP contribution in [-0.2, 0) is 16.6 Å². The molecule has 0 spiro atoms. The molecule has 0 aliphatic heterocycles. The summed E-state index contributed by atoms with van der Waals surface area (Å²) in [6, 6.07) is 5.36. The molecule has 0 unspecified atom stereocenters. The van der Waals surface area contributed by atoms with Gasteiger partial charge in [-0.05, 0) is 52.7 Å². The maximum absolute atomic E-state index is 13.2. The molecule has 108 valence electrons. The second-order valence-electron chi connectivity index (χ2n) is 4.11. The van der Waals surface area contributed by atoms with Gasteiger partial charge >= 0.3 is 0 Å². The maximum atomic E-state index is 13.2. The van der Waals surface area contributed by atoms with E-state index in [1.54, 1.807) is 13.0 Å². The van der Waals surface area contributed by atoms with Crippen LogP contribution in [0.4, 0.5) is 10.1 Å². The number of hydrogen-bond acceptors (Lipinski definition) is 4. The Morgan fingerprint density at radius 3 is 2.70 bits per heavy atom. The fourth-order valence-electron chi connectivity index (χ4n) is 1.59. The van der Waals surface area contributed by atoms with Gasteiger partial charge in [0, 0.05) is 15.9 Å². The van der Waals surface area contributed by atoms with Crippen molar-refractivity contribution in [3.63, 3.8) is 0 Å². The second kappa shape index (κ2) is 5.80. The molecule has 4 nitrogen and oxygen atoms in total. The first-order valence-electron chi connectivity index (χ1n) is 5.60. The van der Waals surface area contributed by atoms with Crippen molar-refractivity contribution >= 4 is 43.0 Å². The van der Waals surface area contributed by atoms with Gasteiger partial charge in [0.15, 0.2) is 0 Å². The summed E-state index contributed by atoms with van der Waals surface area (Å²) in [6.07, 6.45) is 0. The largest absolute Gasteiger partial charge is 0.326 e. The van der Waals surface area contributed by atoms with Crippen molar-refractivity contribution in [1.29, 1.82) is 0 Å². The van der Waals surface area contributed by atoms with Gasteiger partial charge in [-0.2, -0.15) is 0 Å². The minimum Gasteiger partial charge on any atom is -0.326 e. The molecule has 1 aromatic heterocycles. The third-order valence-electron chi connectivity index (χ3n) is 2.62. The van der Waals surface area contributed by atoms with Gasteiger partial charge < -0.3 is 5.73 Å². The summed E-state index contributed by atoms with van der Waals surface area (Å²) in [7, 11) is -3.75. The van der Waals surface area contributed by atoms with Crippen molar-refractivity contribution in [3.8, 4) is 0 Å². The van der Waals surface area contributed by atoms with Crippen LogP contribution < -0.4 is 10.5 Å². The fraction of sp³-hybridized carbons (Fsp3) is 0.167. The van der Waals surface area contributed by atoms with E-state index >= 15 is 0 Å². The Bertz CT molecular complexity index is 744. The first-order chi connectivity index (χ1) is 9.33. The first-order valence-corrected chi connectivity index (χ1v) is 8.70. The van der Waals surface area contributed by atoms with Crippen LogP contribution in [0.15, 0.2) is 32.9 Å². The summed E-state index contributed by atoms with van der Waals surface area (Å²) in [5.41, 5.74) is 6.53. The van der Waals surface area contributed by atoms with Crippen LogP contribution in [0.1, 0.15) is 10.4 Å². The average Bonchev–Trinajstić information content (AvgIpc) is 2.76. The molecule has 0 aliphatic rings. The molecule has 0 fully saturated rings. The second-order valence-corrected chi connectivity index (χ2v) is 8.01. The maximum Gasteiger partial charge on any atom is 0.271 e. The van der Waals surface area contributed by atoms with Crippen LogP contribution >= 0.6 is 27.3 Å². The molecule has 0 atom stereocenters. The minimum atomic E-state index is -3.75. The minimum absolute atomic E-state index is 0.158. The van der Waals surface area contributed by atoms with Gasteiger partial charge in [-0.25, -0.2) is 12.8 Å². The Morgan fingerprint density at radius 1 is 1.40 bits per heavy atom. The molecule has 0 saturated heterocycles. The molecule has 0 aliphatic carbocycles. The highest BCUT2D eigenvalue weighted by Gasteiger charge is 2.20. The molecule has 0 bridgehead atoms. The van der Waals surface area contributed by atoms with Crippen LogP contribution in [0.5, 0.6) is 0 Å². The molecule has 20 heavy (non-hydrogen) atoms. The van der Waals surface area contributed by atoms with Gasteiger partial charge in [0.1, 0.15) is 10.0 Å². The van der Waals surface area contributed by atoms with Gasteiger partial charge in [0.25, 0.3) is 10.0 Å². The highest BCUT2D eigenvalue weighted by molar-refractivity contribution is 9.10. The van der Waals surface area contributed by atoms with E-state index in [-0.39, 0.29) is 16.4 Å². The SMILES string of the molecule is Cc1cc(S(=O)(=O)Nc2cc(F)ccc2Br)sc1CN. The fourth-order valence-corrected chi connectivity index (χ4v) is 4.61. The van der Waals surface area contributed by atoms with Crippen molar-refractivity contribution in [1.82, 2.24) is 0 Å². The van der Waals surface area contributed by atoms with Crippen LogP contribution in [0.2, 0.25) is 0 Å². The number of halogens is 2. The van der Waals surface area contributed by atoms with E-state index in [4.69, 9.17) is 5.73 Å². The Balaban J connectivity index is 2.37. The molecule has 3 N–H and O–H groups in total. The molecular formula is C12H12BrFN2O2S2. The summed E-state index contributed by atoms with van der Waals surface area (Å²) in [4.78, 5) is 0.809. The van der Waals surface area contributed by atoms with Crippen molar-refractivity contribution in [3.05, 3.63) is 45.0 Å². The van der Waals surface area contributed by atoms with E-state index in [2.05, 4.69) is 20.7 Å². The van der Waals surface area contributed by atoms with E-state index in [1.807, 2.05) is 0 Å². The highest BCUT2D eigenvalue weighted by atomic mass is 79.9. The lowest BCUT2D eigenvalue weighted by molar-refractivity contribution is 0.603. The van der Waals surface area contributed by atoms with Gasteiger partial charge in [-0.1, -0.05) is 0 Å². The predicted octanol–water partition coefficient (Wildman–Crippen LogP) is 3.22. The lowest BCUT2D eigenvalue weighted by atomic mass is 10.3. The van der Waals surface area contributed by atoms with Gasteiger partial charge in [0.05, 0.1) is 5.69 Å². The third-order valence-corrected chi connectivity index (χ3v) is 6.41. The van der Waals surface area contributed by atoms with Gasteiger partial charge in [0.2, 0.25) is 0 Å². The standard InChI is InChI=1S/C12H12BrFN2O2S2/c1-7-4-12(19-11(7)6-15)20(17,18)16-10-5-8(14)2-3-9(10)13/h2-5,16H,6,15H2,1H3. The van der Waals surface area contributed by atoms with E-state index in [9.17, 15) is 12.8 Å². The smallest absolute Gasteiger partial charge is 0.271 e. The lowest BCUT2D eigenvalue weighted by Gasteiger charge is -2.08. The average molecular weight is 379 g/mol. The summed E-state index contributed by atoms with van der Waals surface area (Å²) in [5, 5.41) is 0. The van der Waals surface area contributed by atoms with E-state index in [0.717, 1.165) is 27.8 Å². The Hall–Kier alpha value is -0.960. The van der Waals surface area contributed by atoms with E-state index in [0.29, 0.717) is 4.47 Å². The van der Waals surface area contributed by atoms with Crippen LogP contribution in [0.3, 0.4) is 0 Å². The van der Waals surface area contributed by atoms with Crippen molar-refractivity contribution < 1.29 is 12.8 Å². The number of nitrogens with two attached hydrogens (primary N) is 1. The molecule has 0 radical (unpaired) electrons. The van der Waals surface area contributed by atoms with Crippen LogP contribution in [0.25, 0.3) is 0 Å². The predicted molar refractivity (Wildman–Crippen MR) is 81.9 cm³/mol. The normalized spacial score (nSPS) is 11.6. The van der Waals surface area contributed by atoms with Gasteiger partial charge in [-0.15, -0.1) is 11.3 Å². The lowest BCUT2D eigenvalue weighted by Crippen LogP contribution is -2.12. The van der Waals surface area contributed by atoms with Crippen molar-refractivity contribution in [2.45, 2.75) is 17.7 Å². The Labute approximate surface area is 129 Å². The number of anilines is 1. The van der Waals surface area contributed by atoms with Crippen LogP contribution in [0, 0.1) is 12.7 Å². The van der Waals surface area contributed by atoms with Crippen molar-refractivity contribution in [2.24, 2.45) is 5.73 Å². The van der Waals surface area contributed by atoms with Crippen molar-refractivity contribution in [2.75, 3.05) is 4.72 Å². The van der Waals surface area contributed by atoms with Gasteiger partial charge in [-0.3, -0.25) is 4.72 Å². The monoisotopic (exact) mass is 378 g/mol. The zero-order chi connectivity index (χ0) is 14.9. The number of benzene rings is 1. The highest BCUT2D eigenvalue weighted by Crippen LogP contribution is 2.30. The molecule has 0 amide bonds. The molecular weight excluding hydrogens is 367 g/mol. The third kappa shape index (κ3) is 3.20. The zero-order valence-corrected chi connectivity index (χ0v) is 13.7. The summed E-state index contributed by atoms with van der Waals surface area (Å²) >= 11 is 4.29. The molecule has 2 aromatic rings. The Kier molecular flexibility index (Phi) is 4.48. The van der Waals surface area contributed by atoms with E-state index in [1.165, 1.54) is 12.1 Å². The molecule has 1 aromatic carbocycles. The Morgan fingerprint density at radius 2 is 2.10 bits per heavy atom. The summed E-state index contributed by atoms with van der Waals surface area (Å²) in [5.74, 6) is -0.518. The topological polar surface area (TPSA) is 72.2 Å². The first kappa shape index (κ1) is 15.4. The number of sulfonamides is 1. The zero-order valence-electron chi connectivity index (χ0n) is 10.5. The summed E-state index contributed by atoms with van der Waals surface area (Å²) < 4.78 is 40.7.